The van der Waals surface area contributed by atoms with E-state index in [1.54, 1.807) is 15.8 Å². The van der Waals surface area contributed by atoms with E-state index in [0.29, 0.717) is 0 Å². The molecular weight excluding hydrogens is 278 g/mol. The van der Waals surface area contributed by atoms with Crippen molar-refractivity contribution < 1.29 is 9.90 Å². The fourth-order valence-corrected chi connectivity index (χ4v) is 3.22. The zero-order chi connectivity index (χ0) is 16.0. The van der Waals surface area contributed by atoms with Gasteiger partial charge in [0, 0.05) is 17.9 Å². The first-order valence-corrected chi connectivity index (χ1v) is 7.48. The quantitative estimate of drug-likeness (QED) is 0.941. The third-order valence-electron chi connectivity index (χ3n) is 4.19. The molecule has 0 unspecified atom stereocenters. The molecule has 1 N–H and O–H groups in total. The molecule has 5 nitrogen and oxygen atoms in total. The first-order chi connectivity index (χ1) is 10.3. The second-order valence-electron chi connectivity index (χ2n) is 6.82. The Balaban J connectivity index is 1.94. The van der Waals surface area contributed by atoms with E-state index in [1.807, 2.05) is 57.3 Å². The molecule has 0 atom stereocenters. The van der Waals surface area contributed by atoms with Crippen molar-refractivity contribution in [3.8, 4) is 5.69 Å². The molecule has 22 heavy (non-hydrogen) atoms. The molecule has 0 spiro atoms. The number of nitrogens with zero attached hydrogens (tertiary/aromatic N) is 3. The number of benzene rings is 1. The summed E-state index contributed by atoms with van der Waals surface area (Å²) >= 11 is 0. The highest BCUT2D eigenvalue weighted by Gasteiger charge is 2.55. The van der Waals surface area contributed by atoms with Gasteiger partial charge in [0.05, 0.1) is 11.2 Å². The Labute approximate surface area is 130 Å². The molecule has 2 aromatic rings. The third-order valence-corrected chi connectivity index (χ3v) is 4.19. The Morgan fingerprint density at radius 3 is 2.32 bits per heavy atom. The van der Waals surface area contributed by atoms with Gasteiger partial charge in [0.15, 0.2) is 0 Å². The van der Waals surface area contributed by atoms with E-state index >= 15 is 0 Å². The summed E-state index contributed by atoms with van der Waals surface area (Å²) in [6, 6.07) is 9.90. The van der Waals surface area contributed by atoms with Crippen LogP contribution < -0.4 is 0 Å². The van der Waals surface area contributed by atoms with Crippen LogP contribution in [0.2, 0.25) is 0 Å². The van der Waals surface area contributed by atoms with Crippen molar-refractivity contribution in [1.29, 1.82) is 0 Å². The lowest BCUT2D eigenvalue weighted by atomic mass is 9.96. The van der Waals surface area contributed by atoms with E-state index in [1.165, 1.54) is 0 Å². The van der Waals surface area contributed by atoms with Crippen LogP contribution in [-0.4, -0.2) is 31.4 Å². The summed E-state index contributed by atoms with van der Waals surface area (Å²) in [5.41, 5.74) is 1.22. The summed E-state index contributed by atoms with van der Waals surface area (Å²) in [4.78, 5) is 13.4. The normalized spacial score (nSPS) is 16.3. The van der Waals surface area contributed by atoms with Crippen molar-refractivity contribution in [3.05, 3.63) is 48.3 Å². The fourth-order valence-electron chi connectivity index (χ4n) is 3.22. The zero-order valence-electron chi connectivity index (χ0n) is 13.2. The van der Waals surface area contributed by atoms with Crippen molar-refractivity contribution in [2.24, 2.45) is 0 Å². The molecule has 1 saturated carbocycles. The molecule has 0 radical (unpaired) electrons. The minimum Gasteiger partial charge on any atom is -0.465 e. The van der Waals surface area contributed by atoms with E-state index < -0.39 is 11.6 Å². The lowest BCUT2D eigenvalue weighted by molar-refractivity contribution is 0.0595. The van der Waals surface area contributed by atoms with Gasteiger partial charge < -0.3 is 5.11 Å². The summed E-state index contributed by atoms with van der Waals surface area (Å²) in [6.07, 6.45) is 4.51. The number of amides is 1. The van der Waals surface area contributed by atoms with Gasteiger partial charge >= 0.3 is 6.09 Å². The molecule has 0 saturated heterocycles. The predicted molar refractivity (Wildman–Crippen MR) is 84.1 cm³/mol. The topological polar surface area (TPSA) is 58.4 Å². The highest BCUT2D eigenvalue weighted by molar-refractivity contribution is 5.69. The molecule has 1 aromatic carbocycles. The Bertz CT molecular complexity index is 665. The number of aromatic nitrogens is 2. The van der Waals surface area contributed by atoms with Gasteiger partial charge in [-0.25, -0.2) is 9.48 Å². The van der Waals surface area contributed by atoms with E-state index in [-0.39, 0.29) is 5.54 Å². The Morgan fingerprint density at radius 1 is 1.27 bits per heavy atom. The first-order valence-electron chi connectivity index (χ1n) is 7.48. The molecule has 5 heteroatoms. The number of rotatable bonds is 3. The molecule has 1 aliphatic carbocycles. The van der Waals surface area contributed by atoms with Crippen LogP contribution in [0.4, 0.5) is 4.79 Å². The number of carboxylic acid groups (broad SMARTS) is 1. The van der Waals surface area contributed by atoms with Gasteiger partial charge in [-0.3, -0.25) is 4.90 Å². The monoisotopic (exact) mass is 299 g/mol. The lowest BCUT2D eigenvalue weighted by Gasteiger charge is -2.40. The van der Waals surface area contributed by atoms with Gasteiger partial charge in [-0.05, 0) is 57.4 Å². The van der Waals surface area contributed by atoms with Crippen LogP contribution in [0.25, 0.3) is 5.69 Å². The first kappa shape index (κ1) is 14.6. The highest BCUT2D eigenvalue weighted by Crippen LogP contribution is 2.53. The van der Waals surface area contributed by atoms with Gasteiger partial charge in [-0.15, -0.1) is 0 Å². The minimum atomic E-state index is -0.860. The Hall–Kier alpha value is -2.30. The maximum absolute atomic E-state index is 11.8. The van der Waals surface area contributed by atoms with Gasteiger partial charge in [-0.2, -0.15) is 5.10 Å². The molecule has 0 aliphatic heterocycles. The second kappa shape index (κ2) is 4.87. The third kappa shape index (κ3) is 2.36. The molecule has 0 bridgehead atoms. The predicted octanol–water partition coefficient (Wildman–Crippen LogP) is 3.64. The van der Waals surface area contributed by atoms with Crippen molar-refractivity contribution >= 4 is 6.09 Å². The molecule has 1 amide bonds. The Kier molecular flexibility index (Phi) is 3.24. The molecule has 1 aromatic heterocycles. The standard InChI is InChI=1S/C17H21N3O2/c1-16(2,3)20(15(21)22)17(9-10-17)13-5-7-14(8-6-13)19-12-4-11-18-19/h4-8,11-12H,9-10H2,1-3H3,(H,21,22). The van der Waals surface area contributed by atoms with Crippen LogP contribution in [-0.2, 0) is 5.54 Å². The van der Waals surface area contributed by atoms with Crippen LogP contribution in [0.15, 0.2) is 42.7 Å². The van der Waals surface area contributed by atoms with Gasteiger partial charge in [-0.1, -0.05) is 12.1 Å². The smallest absolute Gasteiger partial charge is 0.408 e. The summed E-state index contributed by atoms with van der Waals surface area (Å²) in [6.45, 7) is 5.83. The van der Waals surface area contributed by atoms with Crippen molar-refractivity contribution in [1.82, 2.24) is 14.7 Å². The van der Waals surface area contributed by atoms with Gasteiger partial charge in [0.2, 0.25) is 0 Å². The van der Waals surface area contributed by atoms with Crippen LogP contribution in [0.1, 0.15) is 39.2 Å². The summed E-state index contributed by atoms with van der Waals surface area (Å²) in [5, 5.41) is 13.9. The molecule has 116 valence electrons. The summed E-state index contributed by atoms with van der Waals surface area (Å²) < 4.78 is 1.79. The largest absolute Gasteiger partial charge is 0.465 e. The van der Waals surface area contributed by atoms with Crippen LogP contribution in [0, 0.1) is 0 Å². The van der Waals surface area contributed by atoms with Crippen LogP contribution >= 0.6 is 0 Å². The molecule has 3 rings (SSSR count). The molecule has 1 heterocycles. The van der Waals surface area contributed by atoms with Crippen molar-refractivity contribution in [2.75, 3.05) is 0 Å². The molecule has 1 aliphatic rings. The number of hydrogen-bond donors (Lipinski definition) is 1. The number of hydrogen-bond acceptors (Lipinski definition) is 2. The second-order valence-corrected chi connectivity index (χ2v) is 6.82. The summed E-state index contributed by atoms with van der Waals surface area (Å²) in [7, 11) is 0. The van der Waals surface area contributed by atoms with Gasteiger partial charge in [0.1, 0.15) is 0 Å². The van der Waals surface area contributed by atoms with Crippen LogP contribution in [0.3, 0.4) is 0 Å². The summed E-state index contributed by atoms with van der Waals surface area (Å²) in [5.74, 6) is 0. The van der Waals surface area contributed by atoms with E-state index in [9.17, 15) is 9.90 Å². The molecular formula is C17H21N3O2. The number of carbonyl (C=O) groups is 1. The average molecular weight is 299 g/mol. The molecule has 1 fully saturated rings. The lowest BCUT2D eigenvalue weighted by Crippen LogP contribution is -2.51. The maximum atomic E-state index is 11.8. The highest BCUT2D eigenvalue weighted by atomic mass is 16.4. The average Bonchev–Trinajstić information content (AvgIpc) is 3.02. The van der Waals surface area contributed by atoms with Gasteiger partial charge in [0.25, 0.3) is 0 Å². The fraction of sp³-hybridized carbons (Fsp3) is 0.412. The van der Waals surface area contributed by atoms with E-state index in [4.69, 9.17) is 0 Å². The minimum absolute atomic E-state index is 0.382. The van der Waals surface area contributed by atoms with Crippen molar-refractivity contribution in [2.45, 2.75) is 44.7 Å². The van der Waals surface area contributed by atoms with Crippen molar-refractivity contribution in [3.63, 3.8) is 0 Å². The van der Waals surface area contributed by atoms with E-state index in [2.05, 4.69) is 5.10 Å². The van der Waals surface area contributed by atoms with Crippen LogP contribution in [0.5, 0.6) is 0 Å². The maximum Gasteiger partial charge on any atom is 0.408 e. The van der Waals surface area contributed by atoms with E-state index in [0.717, 1.165) is 24.1 Å². The Morgan fingerprint density at radius 2 is 1.91 bits per heavy atom. The SMILES string of the molecule is CC(C)(C)N(C(=O)O)C1(c2ccc(-n3cccn3)cc2)CC1. The zero-order valence-corrected chi connectivity index (χ0v) is 13.2.